The molecule has 2 aromatic rings. The highest BCUT2D eigenvalue weighted by Crippen LogP contribution is 2.26. The molecule has 2 rings (SSSR count). The summed E-state index contributed by atoms with van der Waals surface area (Å²) in [4.78, 5) is 24.1. The van der Waals surface area contributed by atoms with Crippen molar-refractivity contribution in [3.05, 3.63) is 34.3 Å². The summed E-state index contributed by atoms with van der Waals surface area (Å²) in [6.45, 7) is 10.2. The minimum Gasteiger partial charge on any atom is -0.407 e. The average Bonchev–Trinajstić information content (AvgIpc) is 2.61. The Bertz CT molecular complexity index is 699. The highest BCUT2D eigenvalue weighted by atomic mass is 16.4. The van der Waals surface area contributed by atoms with Crippen LogP contribution in [-0.2, 0) is 5.41 Å². The number of oxazole rings is 1. The lowest BCUT2D eigenvalue weighted by atomic mass is 9.87. The lowest BCUT2D eigenvalue weighted by Gasteiger charge is -2.18. The first-order valence-electron chi connectivity index (χ1n) is 6.89. The van der Waals surface area contributed by atoms with Gasteiger partial charge in [-0.05, 0) is 29.0 Å². The van der Waals surface area contributed by atoms with Gasteiger partial charge in [0.25, 0.3) is 0 Å². The minimum atomic E-state index is -0.600. The number of hydrogen-bond acceptors (Lipinski definition) is 3. The molecule has 0 unspecified atom stereocenters. The van der Waals surface area contributed by atoms with Crippen molar-refractivity contribution < 1.29 is 9.21 Å². The molecule has 4 heteroatoms. The molecule has 0 aliphatic heterocycles. The molecule has 1 aromatic heterocycles. The van der Waals surface area contributed by atoms with Gasteiger partial charge in [0.15, 0.2) is 5.58 Å². The van der Waals surface area contributed by atoms with Crippen LogP contribution in [0.25, 0.3) is 11.1 Å². The van der Waals surface area contributed by atoms with E-state index in [0.29, 0.717) is 17.5 Å². The van der Waals surface area contributed by atoms with E-state index in [1.807, 2.05) is 26.0 Å². The van der Waals surface area contributed by atoms with Crippen molar-refractivity contribution in [1.82, 2.24) is 4.57 Å². The number of carbonyl (C=O) groups is 1. The fourth-order valence-corrected chi connectivity index (χ4v) is 2.16. The molecule has 0 aliphatic rings. The van der Waals surface area contributed by atoms with E-state index >= 15 is 0 Å². The lowest BCUT2D eigenvalue weighted by molar-refractivity contribution is 0.0883. The van der Waals surface area contributed by atoms with E-state index in [2.05, 4.69) is 20.8 Å². The summed E-state index contributed by atoms with van der Waals surface area (Å²) in [5, 5.41) is 0. The third-order valence-corrected chi connectivity index (χ3v) is 3.28. The van der Waals surface area contributed by atoms with E-state index in [1.54, 1.807) is 6.07 Å². The number of aromatic nitrogens is 1. The van der Waals surface area contributed by atoms with E-state index in [1.165, 1.54) is 0 Å². The van der Waals surface area contributed by atoms with Gasteiger partial charge in [0.05, 0.1) is 5.52 Å². The van der Waals surface area contributed by atoms with Crippen LogP contribution in [0.3, 0.4) is 0 Å². The fraction of sp³-hybridized carbons (Fsp3) is 0.500. The summed E-state index contributed by atoms with van der Waals surface area (Å²) >= 11 is 0. The Kier molecular flexibility index (Phi) is 3.59. The third kappa shape index (κ3) is 2.69. The number of rotatable bonds is 2. The van der Waals surface area contributed by atoms with Crippen LogP contribution in [0, 0.1) is 5.92 Å². The van der Waals surface area contributed by atoms with Crippen LogP contribution in [0.1, 0.15) is 51.4 Å². The minimum absolute atomic E-state index is 0.0482. The molecular formula is C16H21NO3. The Morgan fingerprint density at radius 2 is 1.95 bits per heavy atom. The van der Waals surface area contributed by atoms with Crippen molar-refractivity contribution in [3.63, 3.8) is 0 Å². The summed E-state index contributed by atoms with van der Waals surface area (Å²) in [6, 6.07) is 5.57. The number of benzene rings is 1. The third-order valence-electron chi connectivity index (χ3n) is 3.28. The van der Waals surface area contributed by atoms with Crippen LogP contribution in [0.2, 0.25) is 0 Å². The Morgan fingerprint density at radius 1 is 1.30 bits per heavy atom. The van der Waals surface area contributed by atoms with Crippen LogP contribution >= 0.6 is 0 Å². The second-order valence-corrected chi connectivity index (χ2v) is 6.63. The van der Waals surface area contributed by atoms with Gasteiger partial charge in [-0.15, -0.1) is 0 Å². The number of hydrogen-bond donors (Lipinski definition) is 0. The van der Waals surface area contributed by atoms with E-state index in [9.17, 15) is 9.59 Å². The quantitative estimate of drug-likeness (QED) is 0.841. The molecule has 0 atom stereocenters. The van der Waals surface area contributed by atoms with Gasteiger partial charge in [-0.3, -0.25) is 4.79 Å². The van der Waals surface area contributed by atoms with Crippen molar-refractivity contribution in [1.29, 1.82) is 0 Å². The maximum atomic E-state index is 12.2. The smallest absolute Gasteiger partial charge is 0.407 e. The molecule has 1 heterocycles. The molecule has 0 aliphatic carbocycles. The van der Waals surface area contributed by atoms with E-state index < -0.39 is 5.76 Å². The zero-order chi connectivity index (χ0) is 15.1. The van der Waals surface area contributed by atoms with Crippen molar-refractivity contribution in [2.45, 2.75) is 46.5 Å². The average molecular weight is 275 g/mol. The Labute approximate surface area is 118 Å². The maximum absolute atomic E-state index is 12.2. The second-order valence-electron chi connectivity index (χ2n) is 6.63. The van der Waals surface area contributed by atoms with E-state index in [0.717, 1.165) is 10.1 Å². The molecule has 0 spiro atoms. The SMILES string of the molecule is CC(C)CC(=O)n1c(=O)oc2ccc(C(C)(C)C)cc21. The molecule has 1 aromatic carbocycles. The molecule has 0 radical (unpaired) electrons. The molecule has 4 nitrogen and oxygen atoms in total. The Morgan fingerprint density at radius 3 is 2.50 bits per heavy atom. The summed E-state index contributed by atoms with van der Waals surface area (Å²) in [5.74, 6) is -0.614. The van der Waals surface area contributed by atoms with Gasteiger partial charge in [-0.1, -0.05) is 40.7 Å². The standard InChI is InChI=1S/C16H21NO3/c1-10(2)8-14(18)17-12-9-11(16(3,4)5)6-7-13(12)20-15(17)19/h6-7,9-10H,8H2,1-5H3. The highest BCUT2D eigenvalue weighted by molar-refractivity contribution is 5.89. The van der Waals surface area contributed by atoms with Crippen molar-refractivity contribution >= 4 is 17.0 Å². The second kappa shape index (κ2) is 4.93. The van der Waals surface area contributed by atoms with Crippen molar-refractivity contribution in [2.75, 3.05) is 0 Å². The predicted octanol–water partition coefficient (Wildman–Crippen LogP) is 3.58. The van der Waals surface area contributed by atoms with Gasteiger partial charge in [-0.25, -0.2) is 9.36 Å². The number of nitrogens with zero attached hydrogens (tertiary/aromatic N) is 1. The largest absolute Gasteiger partial charge is 0.426 e. The van der Waals surface area contributed by atoms with Gasteiger partial charge in [0, 0.05) is 6.42 Å². The molecule has 0 N–H and O–H groups in total. The Hall–Kier alpha value is -1.84. The normalized spacial score (nSPS) is 12.3. The molecule has 0 amide bonds. The summed E-state index contributed by atoms with van der Waals surface area (Å²) < 4.78 is 6.31. The zero-order valence-electron chi connectivity index (χ0n) is 12.7. The predicted molar refractivity (Wildman–Crippen MR) is 79.3 cm³/mol. The summed E-state index contributed by atoms with van der Waals surface area (Å²) in [7, 11) is 0. The van der Waals surface area contributed by atoms with Crippen LogP contribution in [0.5, 0.6) is 0 Å². The maximum Gasteiger partial charge on any atom is 0.426 e. The monoisotopic (exact) mass is 275 g/mol. The summed E-state index contributed by atoms with van der Waals surface area (Å²) in [6.07, 6.45) is 0.328. The first-order valence-corrected chi connectivity index (χ1v) is 6.89. The van der Waals surface area contributed by atoms with Gasteiger partial charge in [0.1, 0.15) is 0 Å². The van der Waals surface area contributed by atoms with E-state index in [-0.39, 0.29) is 17.2 Å². The molecular weight excluding hydrogens is 254 g/mol. The van der Waals surface area contributed by atoms with Crippen molar-refractivity contribution in [3.8, 4) is 0 Å². The van der Waals surface area contributed by atoms with Gasteiger partial charge < -0.3 is 4.42 Å². The van der Waals surface area contributed by atoms with Gasteiger partial charge in [-0.2, -0.15) is 0 Å². The zero-order valence-corrected chi connectivity index (χ0v) is 12.7. The molecule has 0 saturated heterocycles. The van der Waals surface area contributed by atoms with E-state index in [4.69, 9.17) is 4.42 Å². The van der Waals surface area contributed by atoms with Gasteiger partial charge in [0.2, 0.25) is 5.91 Å². The highest BCUT2D eigenvalue weighted by Gasteiger charge is 2.20. The van der Waals surface area contributed by atoms with Crippen molar-refractivity contribution in [2.24, 2.45) is 5.92 Å². The number of carbonyl (C=O) groups excluding carboxylic acids is 1. The molecule has 0 fully saturated rings. The summed E-state index contributed by atoms with van der Waals surface area (Å²) in [5.41, 5.74) is 2.04. The van der Waals surface area contributed by atoms with Crippen LogP contribution < -0.4 is 5.76 Å². The van der Waals surface area contributed by atoms with Gasteiger partial charge >= 0.3 is 5.76 Å². The fourth-order valence-electron chi connectivity index (χ4n) is 2.16. The van der Waals surface area contributed by atoms with Crippen LogP contribution in [0.4, 0.5) is 0 Å². The lowest BCUT2D eigenvalue weighted by Crippen LogP contribution is -2.23. The molecule has 0 saturated carbocycles. The molecule has 20 heavy (non-hydrogen) atoms. The Balaban J connectivity index is 2.62. The molecule has 0 bridgehead atoms. The molecule has 108 valence electrons. The first kappa shape index (κ1) is 14.6. The first-order chi connectivity index (χ1) is 9.20. The number of fused-ring (bicyclic) bond motifs is 1. The van der Waals surface area contributed by atoms with Crippen LogP contribution in [-0.4, -0.2) is 10.5 Å². The van der Waals surface area contributed by atoms with Crippen LogP contribution in [0.15, 0.2) is 27.4 Å². The topological polar surface area (TPSA) is 52.2 Å².